The van der Waals surface area contributed by atoms with E-state index in [1.165, 1.54) is 12.8 Å². The average Bonchev–Trinajstić information content (AvgIpc) is 3.40. The summed E-state index contributed by atoms with van der Waals surface area (Å²) in [7, 11) is 3.87. The van der Waals surface area contributed by atoms with Crippen LogP contribution < -0.4 is 14.8 Å². The third kappa shape index (κ3) is 4.76. The second kappa shape index (κ2) is 9.32. The highest BCUT2D eigenvalue weighted by Gasteiger charge is 2.39. The molecule has 1 unspecified atom stereocenters. The molecule has 33 heavy (non-hydrogen) atoms. The minimum Gasteiger partial charge on any atom is -0.497 e. The maximum absolute atomic E-state index is 12.6. The monoisotopic (exact) mass is 446 g/mol. The first-order valence-corrected chi connectivity index (χ1v) is 11.6. The predicted octanol–water partition coefficient (Wildman–Crippen LogP) is 4.89. The number of hydrogen-bond acceptors (Lipinski definition) is 5. The number of amides is 1. The van der Waals surface area contributed by atoms with E-state index in [4.69, 9.17) is 13.9 Å². The third-order valence-corrected chi connectivity index (χ3v) is 6.91. The number of ether oxygens (including phenoxy) is 2. The van der Waals surface area contributed by atoms with Crippen LogP contribution in [-0.4, -0.2) is 43.2 Å². The zero-order valence-electron chi connectivity index (χ0n) is 19.1. The summed E-state index contributed by atoms with van der Waals surface area (Å²) in [6, 6.07) is 20.3. The lowest BCUT2D eigenvalue weighted by atomic mass is 10.0. The fraction of sp³-hybridized carbons (Fsp3) is 0.370. The standard InChI is InChI=1S/C27H30N2O4/c1-29-20-8-9-21(29)16-24(15-20)32-23-5-3-4-18(14-23)17-28-27(30)26-13-12-25(33-26)19-6-10-22(31-2)11-7-19/h3-7,10-14,20-21,24H,8-9,15-17H2,1-2H3,(H,28,30)/t20-,21+,24?. The molecule has 2 bridgehead atoms. The first kappa shape index (κ1) is 21.6. The van der Waals surface area contributed by atoms with Crippen molar-refractivity contribution < 1.29 is 18.7 Å². The molecule has 2 saturated heterocycles. The fourth-order valence-corrected chi connectivity index (χ4v) is 5.02. The molecule has 6 heteroatoms. The van der Waals surface area contributed by atoms with Gasteiger partial charge in [-0.25, -0.2) is 0 Å². The van der Waals surface area contributed by atoms with Crippen LogP contribution in [0.15, 0.2) is 65.1 Å². The summed E-state index contributed by atoms with van der Waals surface area (Å²) in [5.74, 6) is 2.33. The summed E-state index contributed by atoms with van der Waals surface area (Å²) < 4.78 is 17.3. The Hall–Kier alpha value is -3.25. The zero-order chi connectivity index (χ0) is 22.8. The molecule has 2 aliphatic heterocycles. The van der Waals surface area contributed by atoms with Gasteiger partial charge in [0.1, 0.15) is 23.4 Å². The molecule has 2 fully saturated rings. The lowest BCUT2D eigenvalue weighted by Crippen LogP contribution is -2.43. The normalized spacial score (nSPS) is 22.2. The molecule has 1 aromatic heterocycles. The number of fused-ring (bicyclic) bond motifs is 2. The van der Waals surface area contributed by atoms with E-state index in [1.54, 1.807) is 19.2 Å². The van der Waals surface area contributed by atoms with Crippen molar-refractivity contribution in [3.63, 3.8) is 0 Å². The Morgan fingerprint density at radius 3 is 2.52 bits per heavy atom. The van der Waals surface area contributed by atoms with E-state index in [9.17, 15) is 4.79 Å². The molecule has 2 aliphatic rings. The van der Waals surface area contributed by atoms with E-state index in [2.05, 4.69) is 17.3 Å². The number of methoxy groups -OCH3 is 1. The molecule has 0 aliphatic carbocycles. The molecule has 172 valence electrons. The minimum absolute atomic E-state index is 0.243. The van der Waals surface area contributed by atoms with Crippen molar-refractivity contribution in [2.24, 2.45) is 0 Å². The number of piperidine rings is 1. The molecule has 0 radical (unpaired) electrons. The average molecular weight is 447 g/mol. The highest BCUT2D eigenvalue weighted by Crippen LogP contribution is 2.36. The number of carbonyl (C=O) groups is 1. The molecule has 5 rings (SSSR count). The lowest BCUT2D eigenvalue weighted by Gasteiger charge is -2.36. The summed E-state index contributed by atoms with van der Waals surface area (Å²) in [6.07, 6.45) is 4.99. The van der Waals surface area contributed by atoms with Crippen LogP contribution in [0.2, 0.25) is 0 Å². The van der Waals surface area contributed by atoms with Crippen LogP contribution >= 0.6 is 0 Å². The van der Waals surface area contributed by atoms with Gasteiger partial charge in [-0.1, -0.05) is 12.1 Å². The van der Waals surface area contributed by atoms with Gasteiger partial charge in [0.05, 0.1) is 7.11 Å². The molecule has 3 aromatic rings. The predicted molar refractivity (Wildman–Crippen MR) is 127 cm³/mol. The van der Waals surface area contributed by atoms with Gasteiger partial charge in [-0.2, -0.15) is 0 Å². The topological polar surface area (TPSA) is 63.9 Å². The molecule has 2 aromatic carbocycles. The Labute approximate surface area is 194 Å². The molecule has 1 amide bonds. The van der Waals surface area contributed by atoms with Crippen molar-refractivity contribution in [2.75, 3.05) is 14.2 Å². The van der Waals surface area contributed by atoms with Gasteiger partial charge in [-0.15, -0.1) is 0 Å². The van der Waals surface area contributed by atoms with Crippen LogP contribution in [0.4, 0.5) is 0 Å². The Morgan fingerprint density at radius 2 is 1.79 bits per heavy atom. The van der Waals surface area contributed by atoms with Gasteiger partial charge in [0.25, 0.3) is 5.91 Å². The van der Waals surface area contributed by atoms with Crippen LogP contribution in [0.5, 0.6) is 11.5 Å². The fourth-order valence-electron chi connectivity index (χ4n) is 5.02. The van der Waals surface area contributed by atoms with Gasteiger partial charge < -0.3 is 24.1 Å². The third-order valence-electron chi connectivity index (χ3n) is 6.91. The summed E-state index contributed by atoms with van der Waals surface area (Å²) in [6.45, 7) is 0.410. The summed E-state index contributed by atoms with van der Waals surface area (Å²) >= 11 is 0. The summed E-state index contributed by atoms with van der Waals surface area (Å²) in [5.41, 5.74) is 1.89. The number of nitrogens with zero attached hydrogens (tertiary/aromatic N) is 1. The smallest absolute Gasteiger partial charge is 0.287 e. The van der Waals surface area contributed by atoms with E-state index < -0.39 is 0 Å². The van der Waals surface area contributed by atoms with Crippen LogP contribution in [0.1, 0.15) is 41.8 Å². The molecule has 0 saturated carbocycles. The van der Waals surface area contributed by atoms with E-state index in [0.717, 1.165) is 35.5 Å². The molecule has 0 spiro atoms. The van der Waals surface area contributed by atoms with Gasteiger partial charge in [0.15, 0.2) is 5.76 Å². The van der Waals surface area contributed by atoms with Gasteiger partial charge in [0.2, 0.25) is 0 Å². The first-order chi connectivity index (χ1) is 16.1. The Kier molecular flexibility index (Phi) is 6.09. The van der Waals surface area contributed by atoms with E-state index >= 15 is 0 Å². The van der Waals surface area contributed by atoms with Gasteiger partial charge in [0, 0.05) is 24.2 Å². The van der Waals surface area contributed by atoms with Gasteiger partial charge in [-0.3, -0.25) is 4.79 Å². The van der Waals surface area contributed by atoms with E-state index in [0.29, 0.717) is 24.4 Å². The van der Waals surface area contributed by atoms with Crippen LogP contribution in [0.3, 0.4) is 0 Å². The first-order valence-electron chi connectivity index (χ1n) is 11.6. The second-order valence-electron chi connectivity index (χ2n) is 8.98. The zero-order valence-corrected chi connectivity index (χ0v) is 19.1. The van der Waals surface area contributed by atoms with Crippen LogP contribution in [-0.2, 0) is 6.54 Å². The number of rotatable bonds is 7. The Morgan fingerprint density at radius 1 is 1.03 bits per heavy atom. The molecular weight excluding hydrogens is 416 g/mol. The Bertz CT molecular complexity index is 1090. The maximum atomic E-state index is 12.6. The number of benzene rings is 2. The quantitative estimate of drug-likeness (QED) is 0.560. The maximum Gasteiger partial charge on any atom is 0.287 e. The lowest BCUT2D eigenvalue weighted by molar-refractivity contribution is 0.0661. The van der Waals surface area contributed by atoms with E-state index in [1.807, 2.05) is 48.5 Å². The van der Waals surface area contributed by atoms with Crippen molar-refractivity contribution in [3.8, 4) is 22.8 Å². The summed E-state index contributed by atoms with van der Waals surface area (Å²) in [5, 5.41) is 2.94. The number of nitrogens with one attached hydrogen (secondary N) is 1. The van der Waals surface area contributed by atoms with Crippen molar-refractivity contribution in [3.05, 3.63) is 72.0 Å². The number of furan rings is 1. The molecule has 6 nitrogen and oxygen atoms in total. The van der Waals surface area contributed by atoms with Crippen molar-refractivity contribution in [1.82, 2.24) is 10.2 Å². The van der Waals surface area contributed by atoms with Gasteiger partial charge in [-0.05, 0) is 86.8 Å². The molecule has 3 heterocycles. The second-order valence-corrected chi connectivity index (χ2v) is 8.98. The minimum atomic E-state index is -0.243. The van der Waals surface area contributed by atoms with Crippen molar-refractivity contribution in [2.45, 2.75) is 50.4 Å². The largest absolute Gasteiger partial charge is 0.497 e. The van der Waals surface area contributed by atoms with Gasteiger partial charge >= 0.3 is 0 Å². The number of hydrogen-bond donors (Lipinski definition) is 1. The highest BCUT2D eigenvalue weighted by atomic mass is 16.5. The Balaban J connectivity index is 1.17. The molecular formula is C27H30N2O4. The van der Waals surface area contributed by atoms with Crippen LogP contribution in [0.25, 0.3) is 11.3 Å². The molecule has 3 atom stereocenters. The summed E-state index contributed by atoms with van der Waals surface area (Å²) in [4.78, 5) is 15.1. The number of carbonyl (C=O) groups excluding carboxylic acids is 1. The SMILES string of the molecule is COc1ccc(-c2ccc(C(=O)NCc3cccc(OC4C[C@H]5CC[C@@H](C4)N5C)c3)o2)cc1. The van der Waals surface area contributed by atoms with Crippen molar-refractivity contribution >= 4 is 5.91 Å². The highest BCUT2D eigenvalue weighted by molar-refractivity contribution is 5.92. The van der Waals surface area contributed by atoms with Crippen molar-refractivity contribution in [1.29, 1.82) is 0 Å². The molecule has 1 N–H and O–H groups in total. The van der Waals surface area contributed by atoms with E-state index in [-0.39, 0.29) is 17.8 Å². The van der Waals surface area contributed by atoms with Crippen LogP contribution in [0, 0.1) is 0 Å².